The van der Waals surface area contributed by atoms with E-state index in [9.17, 15) is 24.9 Å². The summed E-state index contributed by atoms with van der Waals surface area (Å²) in [7, 11) is 1.51. The second-order valence-electron chi connectivity index (χ2n) is 17.1. The molecule has 312 valence electrons. The van der Waals surface area contributed by atoms with Crippen LogP contribution in [0.1, 0.15) is 113 Å². The molecule has 0 spiro atoms. The molecule has 2 aromatic carbocycles. The maximum atomic E-state index is 14.6. The molecule has 0 amide bonds. The van der Waals surface area contributed by atoms with Crippen molar-refractivity contribution < 1.29 is 29.6 Å². The van der Waals surface area contributed by atoms with Gasteiger partial charge in [0.2, 0.25) is 0 Å². The summed E-state index contributed by atoms with van der Waals surface area (Å²) in [6.07, 6.45) is 13.0. The minimum absolute atomic E-state index is 0.000196. The Bertz CT molecular complexity index is 2020. The van der Waals surface area contributed by atoms with E-state index in [2.05, 4.69) is 36.7 Å². The van der Waals surface area contributed by atoms with Crippen LogP contribution in [0.15, 0.2) is 77.6 Å². The number of pyridine rings is 1. The van der Waals surface area contributed by atoms with Gasteiger partial charge in [-0.15, -0.1) is 4.99 Å². The number of nitrogens with zero attached hydrogens (tertiary/aromatic N) is 2. The molecule has 2 aliphatic carbocycles. The predicted octanol–water partition coefficient (Wildman–Crippen LogP) is 8.39. The Labute approximate surface area is 350 Å². The molecule has 3 aromatic rings. The molecular weight excluding hydrogens is 739 g/mol. The lowest BCUT2D eigenvalue weighted by Crippen LogP contribution is -2.32. The minimum Gasteiger partial charge on any atom is -0.504 e. The standard InChI is InChI=1S/C50H61N3O6/c1-4-10-43(46(56)28-40-25-39(31-53-40)32(2)11-8-9-20-54)38-23-34(21-33-18-19-52-50(51)24-33)22-36-15-17-42(35-12-6-5-7-13-35)44-30-48(58)49(59-3)27-37(44)14-16-41(55)29-47(57)45(36)26-38/h5-7,12-13,18-19,24-25,27,30-32,34,36,38,42-43,45-46,54,56H,4,8-11,14,16,20-23,26,28-29H2,1-3H3,(H2-,51,52,58)/p+1/t32-,34-,36-,38+,42-,43+,45-,46-/m1/s1. The summed E-state index contributed by atoms with van der Waals surface area (Å²) in [5.74, 6) is 8.16. The number of fused-ring (bicyclic) bond motifs is 2. The molecule has 9 nitrogen and oxygen atoms in total. The number of carbonyl (C=O) groups is 2. The summed E-state index contributed by atoms with van der Waals surface area (Å²) < 4.78 is 5.48. The highest BCUT2D eigenvalue weighted by atomic mass is 16.5. The van der Waals surface area contributed by atoms with Crippen molar-refractivity contribution in [2.45, 2.75) is 109 Å². The molecule has 1 saturated carbocycles. The van der Waals surface area contributed by atoms with Gasteiger partial charge in [-0.3, -0.25) is 9.59 Å². The van der Waals surface area contributed by atoms with Gasteiger partial charge in [0.15, 0.2) is 17.2 Å². The second-order valence-corrected chi connectivity index (χ2v) is 17.1. The first-order chi connectivity index (χ1) is 28.6. The van der Waals surface area contributed by atoms with Gasteiger partial charge in [0.25, 0.3) is 0 Å². The van der Waals surface area contributed by atoms with Crippen LogP contribution in [-0.2, 0) is 22.4 Å². The fourth-order valence-corrected chi connectivity index (χ4v) is 9.74. The number of hydrogen-bond donors (Lipinski definition) is 4. The van der Waals surface area contributed by atoms with E-state index in [0.29, 0.717) is 43.2 Å². The maximum absolute atomic E-state index is 14.6. The summed E-state index contributed by atoms with van der Waals surface area (Å²) in [6, 6.07) is 17.4. The molecule has 59 heavy (non-hydrogen) atoms. The number of benzene rings is 2. The number of phenolic OH excluding ortho intramolecular Hbond substituents is 1. The van der Waals surface area contributed by atoms with Crippen LogP contribution in [0, 0.1) is 53.3 Å². The monoisotopic (exact) mass is 800 g/mol. The number of carbonyl (C=O) groups excluding carboxylic acids is 2. The number of aliphatic hydroxyl groups excluding tert-OH is 2. The zero-order chi connectivity index (χ0) is 41.9. The summed E-state index contributed by atoms with van der Waals surface area (Å²) >= 11 is 0. The number of anilines is 1. The van der Waals surface area contributed by atoms with Gasteiger partial charge < -0.3 is 25.8 Å². The lowest BCUT2D eigenvalue weighted by molar-refractivity contribution is -0.130. The van der Waals surface area contributed by atoms with E-state index < -0.39 is 17.9 Å². The number of Topliss-reactive ketones (excluding diaryl/α,β-unsaturated/α-hetero) is 2. The lowest BCUT2D eigenvalue weighted by atomic mass is 9.73. The molecule has 0 saturated heterocycles. The third-order valence-corrected chi connectivity index (χ3v) is 12.9. The van der Waals surface area contributed by atoms with Crippen molar-refractivity contribution in [2.75, 3.05) is 19.5 Å². The Hall–Kier alpha value is -4.91. The predicted molar refractivity (Wildman–Crippen MR) is 233 cm³/mol. The van der Waals surface area contributed by atoms with Crippen LogP contribution in [0.25, 0.3) is 0 Å². The number of ketones is 2. The normalized spacial score (nSPS) is 23.6. The van der Waals surface area contributed by atoms with E-state index in [0.717, 1.165) is 78.8 Å². The molecule has 5 N–H and O–H groups in total. The van der Waals surface area contributed by atoms with Gasteiger partial charge in [-0.1, -0.05) is 55.5 Å². The summed E-state index contributed by atoms with van der Waals surface area (Å²) in [5.41, 5.74) is 10.7. The Morgan fingerprint density at radius 2 is 1.83 bits per heavy atom. The number of rotatable bonds is 15. The van der Waals surface area contributed by atoms with E-state index in [1.807, 2.05) is 48.7 Å². The van der Waals surface area contributed by atoms with E-state index in [1.54, 1.807) is 18.3 Å². The van der Waals surface area contributed by atoms with Crippen LogP contribution in [0.2, 0.25) is 0 Å². The van der Waals surface area contributed by atoms with Gasteiger partial charge in [0.05, 0.1) is 32.0 Å². The molecule has 6 rings (SSSR count). The van der Waals surface area contributed by atoms with Gasteiger partial charge in [0, 0.05) is 37.0 Å². The van der Waals surface area contributed by atoms with Gasteiger partial charge in [0.1, 0.15) is 35.6 Å². The first kappa shape index (κ1) is 43.7. The zero-order valence-corrected chi connectivity index (χ0v) is 35.0. The largest absolute Gasteiger partial charge is 0.504 e. The van der Waals surface area contributed by atoms with Crippen molar-refractivity contribution in [1.29, 1.82) is 0 Å². The first-order valence-corrected chi connectivity index (χ1v) is 21.7. The highest BCUT2D eigenvalue weighted by Crippen LogP contribution is 2.45. The molecule has 0 unspecified atom stereocenters. The second kappa shape index (κ2) is 20.9. The SMILES string of the molecule is CCC[C@@H]([C@H]1C[C@H](Cc2ccnc(N)c2)C[C@H]2C#C[C@H](c3ccccc3)c3cc(O)c(OC)cc3CCC(=O)CC(=O)[C@@H]2C1)[C@H](O)CC1=C[C+]([C@H](C)CCCCO)C=N1. The zero-order valence-electron chi connectivity index (χ0n) is 35.0. The van der Waals surface area contributed by atoms with Crippen molar-refractivity contribution in [3.8, 4) is 23.3 Å². The molecule has 1 aliphatic heterocycles. The number of methoxy groups -OCH3 is 1. The Morgan fingerprint density at radius 1 is 1.02 bits per heavy atom. The molecule has 8 atom stereocenters. The molecule has 9 heteroatoms. The fraction of sp³-hybridized carbons (Fsp3) is 0.500. The summed E-state index contributed by atoms with van der Waals surface area (Å²) in [5, 5.41) is 32.4. The minimum atomic E-state index is -0.668. The third-order valence-electron chi connectivity index (χ3n) is 12.9. The molecule has 1 aromatic heterocycles. The molecule has 0 bridgehead atoms. The van der Waals surface area contributed by atoms with Crippen LogP contribution < -0.4 is 10.5 Å². The van der Waals surface area contributed by atoms with Crippen molar-refractivity contribution in [1.82, 2.24) is 4.98 Å². The number of ether oxygens (including phenoxy) is 1. The average molecular weight is 801 g/mol. The number of hydrogen-bond acceptors (Lipinski definition) is 9. The van der Waals surface area contributed by atoms with Crippen LogP contribution in [0.3, 0.4) is 0 Å². The summed E-state index contributed by atoms with van der Waals surface area (Å²) in [4.78, 5) is 37.3. The number of unbranched alkanes of at least 4 members (excludes halogenated alkanes) is 1. The van der Waals surface area contributed by atoms with Gasteiger partial charge in [-0.05, 0) is 129 Å². The van der Waals surface area contributed by atoms with Crippen molar-refractivity contribution >= 4 is 23.6 Å². The number of allylic oxidation sites excluding steroid dienone is 1. The number of aromatic nitrogens is 1. The number of nitrogen functional groups attached to an aromatic ring is 1. The third kappa shape index (κ3) is 11.4. The van der Waals surface area contributed by atoms with Gasteiger partial charge in [-0.25, -0.2) is 4.98 Å². The molecule has 0 radical (unpaired) electrons. The van der Waals surface area contributed by atoms with Crippen molar-refractivity contribution in [3.05, 3.63) is 101 Å². The topological polar surface area (TPSA) is 155 Å². The maximum Gasteiger partial charge on any atom is 0.177 e. The lowest BCUT2D eigenvalue weighted by Gasteiger charge is -2.32. The van der Waals surface area contributed by atoms with Crippen LogP contribution in [0.4, 0.5) is 5.82 Å². The van der Waals surface area contributed by atoms with Gasteiger partial charge in [-0.2, -0.15) is 0 Å². The Morgan fingerprint density at radius 3 is 2.58 bits per heavy atom. The van der Waals surface area contributed by atoms with E-state index in [4.69, 9.17) is 15.5 Å². The molecule has 2 heterocycles. The fourth-order valence-electron chi connectivity index (χ4n) is 9.74. The average Bonchev–Trinajstić information content (AvgIpc) is 3.61. The number of nitrogens with two attached hydrogens (primary N) is 1. The van der Waals surface area contributed by atoms with Crippen LogP contribution >= 0.6 is 0 Å². The number of aromatic hydroxyl groups is 1. The van der Waals surface area contributed by atoms with E-state index in [1.165, 1.54) is 7.11 Å². The number of phenols is 1. The van der Waals surface area contributed by atoms with Gasteiger partial charge >= 0.3 is 0 Å². The first-order valence-electron chi connectivity index (χ1n) is 21.7. The highest BCUT2D eigenvalue weighted by molar-refractivity contribution is 6.00. The smallest absolute Gasteiger partial charge is 0.177 e. The molecule has 3 aliphatic rings. The summed E-state index contributed by atoms with van der Waals surface area (Å²) in [6.45, 7) is 4.52. The van der Waals surface area contributed by atoms with Crippen molar-refractivity contribution in [3.63, 3.8) is 0 Å². The van der Waals surface area contributed by atoms with Crippen LogP contribution in [0.5, 0.6) is 11.5 Å². The Balaban J connectivity index is 1.38. The van der Waals surface area contributed by atoms with E-state index >= 15 is 0 Å². The highest BCUT2D eigenvalue weighted by Gasteiger charge is 2.42. The van der Waals surface area contributed by atoms with Crippen LogP contribution in [-0.4, -0.2) is 57.9 Å². The molecule has 1 fully saturated rings. The number of aliphatic imine (C=N–C) groups is 1. The quantitative estimate of drug-likeness (QED) is 0.0517. The van der Waals surface area contributed by atoms with Crippen molar-refractivity contribution in [2.24, 2.45) is 40.5 Å². The Kier molecular flexibility index (Phi) is 15.4. The number of aryl methyl sites for hydroxylation is 1. The number of aliphatic hydroxyl groups is 2. The molecular formula is C50H62N3O6+. The van der Waals surface area contributed by atoms with E-state index in [-0.39, 0.29) is 60.4 Å².